The molecule has 2 heterocycles. The molecule has 0 unspecified atom stereocenters. The molecule has 1 aliphatic rings. The lowest BCUT2D eigenvalue weighted by Crippen LogP contribution is -2.22. The number of ether oxygens (including phenoxy) is 2. The van der Waals surface area contributed by atoms with Crippen LogP contribution < -0.4 is 9.88 Å². The third-order valence-electron chi connectivity index (χ3n) is 2.91. The van der Waals surface area contributed by atoms with Gasteiger partial charge in [0.2, 0.25) is 15.9 Å². The Kier molecular flexibility index (Phi) is 4.33. The van der Waals surface area contributed by atoms with Crippen molar-refractivity contribution in [2.45, 2.75) is 17.7 Å². The Morgan fingerprint density at radius 1 is 1.47 bits per heavy atom. The second-order valence-electron chi connectivity index (χ2n) is 4.37. The minimum absolute atomic E-state index is 0.209. The van der Waals surface area contributed by atoms with E-state index >= 15 is 0 Å². The Labute approximate surface area is 110 Å². The van der Waals surface area contributed by atoms with Gasteiger partial charge in [-0.1, -0.05) is 0 Å². The summed E-state index contributed by atoms with van der Waals surface area (Å²) in [5.41, 5.74) is 0. The summed E-state index contributed by atoms with van der Waals surface area (Å²) < 4.78 is 46.1. The smallest absolute Gasteiger partial charge is 0.250 e. The van der Waals surface area contributed by atoms with Crippen LogP contribution in [0.15, 0.2) is 17.2 Å². The maximum absolute atomic E-state index is 13.6. The molecule has 6 nitrogen and oxygen atoms in total. The van der Waals surface area contributed by atoms with Crippen molar-refractivity contribution < 1.29 is 22.3 Å². The largest absolute Gasteiger partial charge is 0.475 e. The van der Waals surface area contributed by atoms with Crippen molar-refractivity contribution in [1.29, 1.82) is 0 Å². The zero-order chi connectivity index (χ0) is 13.9. The molecule has 0 bridgehead atoms. The van der Waals surface area contributed by atoms with Gasteiger partial charge in [0, 0.05) is 19.3 Å². The highest BCUT2D eigenvalue weighted by Gasteiger charge is 2.17. The highest BCUT2D eigenvalue weighted by atomic mass is 32.2. The normalized spacial score (nSPS) is 17.4. The van der Waals surface area contributed by atoms with Crippen LogP contribution in [0.3, 0.4) is 0 Å². The van der Waals surface area contributed by atoms with Gasteiger partial charge in [-0.3, -0.25) is 0 Å². The van der Waals surface area contributed by atoms with Crippen molar-refractivity contribution in [3.8, 4) is 5.88 Å². The number of primary sulfonamides is 1. The molecule has 1 aromatic heterocycles. The molecule has 2 rings (SSSR count). The summed E-state index contributed by atoms with van der Waals surface area (Å²) >= 11 is 0. The number of hydrogen-bond acceptors (Lipinski definition) is 5. The van der Waals surface area contributed by atoms with Gasteiger partial charge in [-0.15, -0.1) is 0 Å². The van der Waals surface area contributed by atoms with Crippen molar-refractivity contribution in [3.05, 3.63) is 18.1 Å². The highest BCUT2D eigenvalue weighted by molar-refractivity contribution is 7.89. The first kappa shape index (κ1) is 14.2. The van der Waals surface area contributed by atoms with Gasteiger partial charge in [-0.2, -0.15) is 0 Å². The third kappa shape index (κ3) is 3.85. The molecule has 0 saturated carbocycles. The van der Waals surface area contributed by atoms with Crippen LogP contribution in [-0.4, -0.2) is 33.2 Å². The number of halogens is 1. The standard InChI is InChI=1S/C11H15FN2O4S/c12-10-5-9(19(13,15)16)6-14-11(10)18-7-8-1-3-17-4-2-8/h5-6,8H,1-4,7H2,(H2,13,15,16). The van der Waals surface area contributed by atoms with Gasteiger partial charge >= 0.3 is 0 Å². The molecular weight excluding hydrogens is 275 g/mol. The van der Waals surface area contributed by atoms with E-state index < -0.39 is 15.8 Å². The van der Waals surface area contributed by atoms with Crippen molar-refractivity contribution in [3.63, 3.8) is 0 Å². The summed E-state index contributed by atoms with van der Waals surface area (Å²) in [7, 11) is -3.95. The van der Waals surface area contributed by atoms with E-state index in [-0.39, 0.29) is 10.8 Å². The van der Waals surface area contributed by atoms with Gasteiger partial charge < -0.3 is 9.47 Å². The molecule has 1 fully saturated rings. The second kappa shape index (κ2) is 5.81. The van der Waals surface area contributed by atoms with Crippen LogP contribution in [0.5, 0.6) is 5.88 Å². The first-order chi connectivity index (χ1) is 8.97. The summed E-state index contributed by atoms with van der Waals surface area (Å²) in [4.78, 5) is 3.27. The van der Waals surface area contributed by atoms with E-state index in [1.54, 1.807) is 0 Å². The summed E-state index contributed by atoms with van der Waals surface area (Å²) in [6.45, 7) is 1.69. The Hall–Kier alpha value is -1.25. The Morgan fingerprint density at radius 3 is 2.74 bits per heavy atom. The number of rotatable bonds is 4. The number of pyridine rings is 1. The third-order valence-corrected chi connectivity index (χ3v) is 3.79. The molecule has 0 atom stereocenters. The fourth-order valence-corrected chi connectivity index (χ4v) is 2.25. The number of aromatic nitrogens is 1. The van der Waals surface area contributed by atoms with E-state index in [1.807, 2.05) is 0 Å². The SMILES string of the molecule is NS(=O)(=O)c1cnc(OCC2CCOCC2)c(F)c1. The summed E-state index contributed by atoms with van der Waals surface area (Å²) in [5, 5.41) is 4.88. The van der Waals surface area contributed by atoms with Crippen molar-refractivity contribution in [2.24, 2.45) is 11.1 Å². The fraction of sp³-hybridized carbons (Fsp3) is 0.545. The topological polar surface area (TPSA) is 91.5 Å². The van der Waals surface area contributed by atoms with E-state index in [1.165, 1.54) is 0 Å². The van der Waals surface area contributed by atoms with Crippen molar-refractivity contribution >= 4 is 10.0 Å². The van der Waals surface area contributed by atoms with Crippen LogP contribution in [0.1, 0.15) is 12.8 Å². The molecule has 0 radical (unpaired) electrons. The van der Waals surface area contributed by atoms with Crippen molar-refractivity contribution in [2.75, 3.05) is 19.8 Å². The van der Waals surface area contributed by atoms with Crippen molar-refractivity contribution in [1.82, 2.24) is 4.98 Å². The number of nitrogens with two attached hydrogens (primary N) is 1. The average molecular weight is 290 g/mol. The lowest BCUT2D eigenvalue weighted by Gasteiger charge is -2.21. The highest BCUT2D eigenvalue weighted by Crippen LogP contribution is 2.20. The monoisotopic (exact) mass is 290 g/mol. The second-order valence-corrected chi connectivity index (χ2v) is 5.93. The van der Waals surface area contributed by atoms with E-state index in [2.05, 4.69) is 4.98 Å². The fourth-order valence-electron chi connectivity index (χ4n) is 1.78. The van der Waals surface area contributed by atoms with Gasteiger partial charge in [0.1, 0.15) is 4.90 Å². The molecule has 8 heteroatoms. The summed E-state index contributed by atoms with van der Waals surface area (Å²) in [5.74, 6) is -0.745. The van der Waals surface area contributed by atoms with Crippen LogP contribution in [0.2, 0.25) is 0 Å². The Morgan fingerprint density at radius 2 is 2.16 bits per heavy atom. The van der Waals surface area contributed by atoms with Crippen LogP contribution >= 0.6 is 0 Å². The predicted molar refractivity (Wildman–Crippen MR) is 64.6 cm³/mol. The Balaban J connectivity index is 2.01. The quantitative estimate of drug-likeness (QED) is 0.880. The molecule has 1 aromatic rings. The number of sulfonamides is 1. The van der Waals surface area contributed by atoms with E-state index in [4.69, 9.17) is 14.6 Å². The van der Waals surface area contributed by atoms with Gasteiger partial charge in [0.05, 0.1) is 12.8 Å². The summed E-state index contributed by atoms with van der Waals surface area (Å²) in [6, 6.07) is 0.807. The van der Waals surface area contributed by atoms with Crippen LogP contribution in [0.4, 0.5) is 4.39 Å². The number of nitrogens with zero attached hydrogens (tertiary/aromatic N) is 1. The van der Waals surface area contributed by atoms with Gasteiger partial charge in [0.15, 0.2) is 5.82 Å². The van der Waals surface area contributed by atoms with Gasteiger partial charge in [0.25, 0.3) is 0 Å². The molecule has 1 aliphatic heterocycles. The first-order valence-corrected chi connectivity index (χ1v) is 7.40. The van der Waals surface area contributed by atoms with Crippen LogP contribution in [0, 0.1) is 11.7 Å². The molecule has 0 amide bonds. The zero-order valence-electron chi connectivity index (χ0n) is 10.2. The van der Waals surface area contributed by atoms with Crippen LogP contribution in [-0.2, 0) is 14.8 Å². The molecule has 19 heavy (non-hydrogen) atoms. The molecule has 1 saturated heterocycles. The Bertz CT molecular complexity index is 544. The average Bonchev–Trinajstić information content (AvgIpc) is 2.37. The molecule has 0 aliphatic carbocycles. The predicted octanol–water partition coefficient (Wildman–Crippen LogP) is 0.673. The molecule has 106 valence electrons. The van der Waals surface area contributed by atoms with E-state index in [9.17, 15) is 12.8 Å². The lowest BCUT2D eigenvalue weighted by atomic mass is 10.0. The zero-order valence-corrected chi connectivity index (χ0v) is 11.0. The van der Waals surface area contributed by atoms with Crippen LogP contribution in [0.25, 0.3) is 0 Å². The maximum Gasteiger partial charge on any atom is 0.250 e. The summed E-state index contributed by atoms with van der Waals surface area (Å²) in [6.07, 6.45) is 2.70. The maximum atomic E-state index is 13.6. The molecule has 0 aromatic carbocycles. The minimum atomic E-state index is -3.95. The first-order valence-electron chi connectivity index (χ1n) is 5.85. The van der Waals surface area contributed by atoms with E-state index in [0.29, 0.717) is 25.7 Å². The molecule has 2 N–H and O–H groups in total. The van der Waals surface area contributed by atoms with Gasteiger partial charge in [-0.05, 0) is 18.8 Å². The minimum Gasteiger partial charge on any atom is -0.475 e. The molecule has 0 spiro atoms. The lowest BCUT2D eigenvalue weighted by molar-refractivity contribution is 0.0483. The van der Waals surface area contributed by atoms with E-state index in [0.717, 1.165) is 25.1 Å². The van der Waals surface area contributed by atoms with Gasteiger partial charge in [-0.25, -0.2) is 22.9 Å². The molecular formula is C11H15FN2O4S. The number of hydrogen-bond donors (Lipinski definition) is 1.